The van der Waals surface area contributed by atoms with E-state index >= 15 is 0 Å². The second kappa shape index (κ2) is 42.6. The van der Waals surface area contributed by atoms with Gasteiger partial charge in [0.05, 0.1) is 0 Å². The Balaban J connectivity index is 4.50. The molecule has 0 amide bonds. The van der Waals surface area contributed by atoms with Crippen LogP contribution in [0, 0.1) is 0 Å². The summed E-state index contributed by atoms with van der Waals surface area (Å²) in [5.41, 5.74) is 0. The molecule has 0 aliphatic rings. The van der Waals surface area contributed by atoms with Crippen LogP contribution in [0.4, 0.5) is 0 Å². The molecule has 0 aromatic heterocycles. The third-order valence-electron chi connectivity index (χ3n) is 8.96. The maximum Gasteiger partial charge on any atom is 0.306 e. The summed E-state index contributed by atoms with van der Waals surface area (Å²) in [5.74, 6) is -1.02. The lowest BCUT2D eigenvalue weighted by atomic mass is 10.1. The summed E-state index contributed by atoms with van der Waals surface area (Å²) in [5, 5.41) is 0. The minimum Gasteiger partial charge on any atom is -0.462 e. The summed E-state index contributed by atoms with van der Waals surface area (Å²) in [6.07, 6.45) is 51.8. The topological polar surface area (TPSA) is 78.9 Å². The third-order valence-corrected chi connectivity index (χ3v) is 8.96. The van der Waals surface area contributed by atoms with E-state index in [1.165, 1.54) is 57.8 Å². The maximum atomic E-state index is 12.6. The molecule has 1 unspecified atom stereocenters. The summed E-state index contributed by atoms with van der Waals surface area (Å²) < 4.78 is 16.6. The molecule has 6 nitrogen and oxygen atoms in total. The lowest BCUT2D eigenvalue weighted by Crippen LogP contribution is -2.30. The number of carbonyl (C=O) groups excluding carboxylic acids is 3. The van der Waals surface area contributed by atoms with Crippen LogP contribution in [0.25, 0.3) is 0 Å². The van der Waals surface area contributed by atoms with Crippen molar-refractivity contribution < 1.29 is 28.6 Å². The molecule has 6 heteroatoms. The number of hydrogen-bond acceptors (Lipinski definition) is 6. The molecule has 0 saturated carbocycles. The van der Waals surface area contributed by atoms with Crippen LogP contribution in [0.1, 0.15) is 194 Å². The zero-order valence-corrected chi connectivity index (χ0v) is 35.0. The normalized spacial score (nSPS) is 12.7. The van der Waals surface area contributed by atoms with Crippen LogP contribution in [-0.4, -0.2) is 37.2 Å². The van der Waals surface area contributed by atoms with Gasteiger partial charge in [0.25, 0.3) is 0 Å². The van der Waals surface area contributed by atoms with Crippen molar-refractivity contribution in [3.8, 4) is 0 Å². The highest BCUT2D eigenvalue weighted by molar-refractivity contribution is 5.71. The minimum absolute atomic E-state index is 0.108. The van der Waals surface area contributed by atoms with Gasteiger partial charge in [0.2, 0.25) is 0 Å². The standard InChI is InChI=1S/C48H80O6/c1-4-7-10-13-16-19-21-23-25-26-29-32-35-38-41-47(50)53-44-45(43-52-46(49)40-37-34-31-28-18-15-12-9-6-3)54-48(51)42-39-36-33-30-27-24-22-20-17-14-11-8-5-2/h8,11,13,16-17,20-21,23-24,27,33,36,45H,4-7,9-10,12,14-15,18-19,22,25-26,28-32,34-35,37-44H2,1-3H3/b11-8-,16-13-,20-17-,23-21-,27-24-,36-33-. The monoisotopic (exact) mass is 753 g/mol. The van der Waals surface area contributed by atoms with Crippen molar-refractivity contribution in [2.45, 2.75) is 200 Å². The molecule has 54 heavy (non-hydrogen) atoms. The van der Waals surface area contributed by atoms with Gasteiger partial charge in [-0.25, -0.2) is 0 Å². The van der Waals surface area contributed by atoms with Gasteiger partial charge in [0.15, 0.2) is 6.10 Å². The average Bonchev–Trinajstić information content (AvgIpc) is 3.17. The first kappa shape index (κ1) is 50.9. The van der Waals surface area contributed by atoms with Gasteiger partial charge in [-0.1, -0.05) is 177 Å². The average molecular weight is 753 g/mol. The van der Waals surface area contributed by atoms with E-state index < -0.39 is 12.1 Å². The molecular formula is C48H80O6. The molecule has 1 atom stereocenters. The predicted octanol–water partition coefficient (Wildman–Crippen LogP) is 13.9. The van der Waals surface area contributed by atoms with E-state index in [0.717, 1.165) is 89.9 Å². The number of ether oxygens (including phenoxy) is 3. The summed E-state index contributed by atoms with van der Waals surface area (Å²) in [4.78, 5) is 37.6. The highest BCUT2D eigenvalue weighted by Crippen LogP contribution is 2.12. The Labute approximate surface area is 332 Å². The van der Waals surface area contributed by atoms with E-state index in [0.29, 0.717) is 19.3 Å². The van der Waals surface area contributed by atoms with E-state index in [9.17, 15) is 14.4 Å². The molecule has 0 aromatic carbocycles. The molecule has 0 N–H and O–H groups in total. The number of carbonyl (C=O) groups is 3. The van der Waals surface area contributed by atoms with E-state index in [4.69, 9.17) is 14.2 Å². The Hall–Kier alpha value is -3.15. The SMILES string of the molecule is CC/C=C\C/C=C\C/C=C\C/C=C\CCC(=O)OC(COC(=O)CCCCCCC/C=C\C/C=C\CCCC)COC(=O)CCCCCCCCCCC. The molecule has 0 fully saturated rings. The highest BCUT2D eigenvalue weighted by atomic mass is 16.6. The Morgan fingerprint density at radius 3 is 1.26 bits per heavy atom. The van der Waals surface area contributed by atoms with E-state index in [1.807, 2.05) is 12.2 Å². The van der Waals surface area contributed by atoms with Crippen LogP contribution < -0.4 is 0 Å². The lowest BCUT2D eigenvalue weighted by molar-refractivity contribution is -0.166. The summed E-state index contributed by atoms with van der Waals surface area (Å²) >= 11 is 0. The Bertz CT molecular complexity index is 1050. The van der Waals surface area contributed by atoms with Gasteiger partial charge in [-0.05, 0) is 70.6 Å². The molecule has 0 rings (SSSR count). The number of unbranched alkanes of at least 4 members (excludes halogenated alkanes) is 15. The zero-order valence-electron chi connectivity index (χ0n) is 35.0. The van der Waals surface area contributed by atoms with Crippen molar-refractivity contribution in [1.82, 2.24) is 0 Å². The van der Waals surface area contributed by atoms with Gasteiger partial charge in [-0.2, -0.15) is 0 Å². The van der Waals surface area contributed by atoms with Crippen molar-refractivity contribution in [3.63, 3.8) is 0 Å². The van der Waals surface area contributed by atoms with Crippen LogP contribution in [0.15, 0.2) is 72.9 Å². The minimum atomic E-state index is -0.814. The molecule has 0 bridgehead atoms. The van der Waals surface area contributed by atoms with Crippen LogP contribution >= 0.6 is 0 Å². The molecule has 0 aliphatic heterocycles. The molecule has 0 saturated heterocycles. The van der Waals surface area contributed by atoms with E-state index in [-0.39, 0.29) is 31.6 Å². The number of esters is 3. The fraction of sp³-hybridized carbons (Fsp3) is 0.688. The second-order valence-corrected chi connectivity index (χ2v) is 14.2. The molecule has 0 heterocycles. The van der Waals surface area contributed by atoms with Crippen LogP contribution in [0.5, 0.6) is 0 Å². The Morgan fingerprint density at radius 2 is 0.778 bits per heavy atom. The van der Waals surface area contributed by atoms with Crippen molar-refractivity contribution in [2.24, 2.45) is 0 Å². The first-order chi connectivity index (χ1) is 26.5. The fourth-order valence-electron chi connectivity index (χ4n) is 5.65. The summed E-state index contributed by atoms with van der Waals surface area (Å²) in [6.45, 7) is 6.36. The van der Waals surface area contributed by atoms with Crippen molar-refractivity contribution in [2.75, 3.05) is 13.2 Å². The quantitative estimate of drug-likeness (QED) is 0.0270. The van der Waals surface area contributed by atoms with Gasteiger partial charge in [-0.15, -0.1) is 0 Å². The summed E-state index contributed by atoms with van der Waals surface area (Å²) in [7, 11) is 0. The molecule has 0 spiro atoms. The smallest absolute Gasteiger partial charge is 0.306 e. The maximum absolute atomic E-state index is 12.6. The molecule has 0 aromatic rings. The highest BCUT2D eigenvalue weighted by Gasteiger charge is 2.19. The van der Waals surface area contributed by atoms with Crippen LogP contribution in [0.2, 0.25) is 0 Å². The van der Waals surface area contributed by atoms with E-state index in [2.05, 4.69) is 81.5 Å². The van der Waals surface area contributed by atoms with Gasteiger partial charge in [0, 0.05) is 19.3 Å². The molecule has 308 valence electrons. The van der Waals surface area contributed by atoms with Crippen molar-refractivity contribution >= 4 is 17.9 Å². The molecule has 0 radical (unpaired) electrons. The van der Waals surface area contributed by atoms with Gasteiger partial charge < -0.3 is 14.2 Å². The summed E-state index contributed by atoms with van der Waals surface area (Å²) in [6, 6.07) is 0. The molecule has 0 aliphatic carbocycles. The van der Waals surface area contributed by atoms with Crippen LogP contribution in [0.3, 0.4) is 0 Å². The number of rotatable bonds is 38. The van der Waals surface area contributed by atoms with Gasteiger partial charge >= 0.3 is 17.9 Å². The third kappa shape index (κ3) is 40.0. The Kier molecular flexibility index (Phi) is 40.1. The first-order valence-electron chi connectivity index (χ1n) is 21.9. The van der Waals surface area contributed by atoms with Gasteiger partial charge in [-0.3, -0.25) is 14.4 Å². The lowest BCUT2D eigenvalue weighted by Gasteiger charge is -2.18. The number of hydrogen-bond donors (Lipinski definition) is 0. The predicted molar refractivity (Wildman–Crippen MR) is 228 cm³/mol. The van der Waals surface area contributed by atoms with Gasteiger partial charge in [0.1, 0.15) is 13.2 Å². The largest absolute Gasteiger partial charge is 0.462 e. The first-order valence-corrected chi connectivity index (χ1v) is 21.9. The second-order valence-electron chi connectivity index (χ2n) is 14.2. The van der Waals surface area contributed by atoms with Crippen LogP contribution in [-0.2, 0) is 28.6 Å². The molecular weight excluding hydrogens is 673 g/mol. The van der Waals surface area contributed by atoms with E-state index in [1.54, 1.807) is 0 Å². The van der Waals surface area contributed by atoms with Crippen molar-refractivity contribution in [3.05, 3.63) is 72.9 Å². The zero-order chi connectivity index (χ0) is 39.4. The number of allylic oxidation sites excluding steroid dienone is 12. The fourth-order valence-corrected chi connectivity index (χ4v) is 5.65. The van der Waals surface area contributed by atoms with Crippen molar-refractivity contribution in [1.29, 1.82) is 0 Å². The Morgan fingerprint density at radius 1 is 0.389 bits per heavy atom.